The molecule has 0 bridgehead atoms. The molecule has 2 heterocycles. The molecule has 1 unspecified atom stereocenters. The molecule has 1 aliphatic heterocycles. The highest BCUT2D eigenvalue weighted by Gasteiger charge is 2.26. The van der Waals surface area contributed by atoms with Gasteiger partial charge in [0.2, 0.25) is 0 Å². The van der Waals surface area contributed by atoms with E-state index in [0.29, 0.717) is 19.1 Å². The van der Waals surface area contributed by atoms with Crippen LogP contribution in [-0.4, -0.2) is 22.2 Å². The zero-order valence-electron chi connectivity index (χ0n) is 23.0. The number of hydrogen-bond acceptors (Lipinski definition) is 5. The molecular weight excluding hydrogens is 500 g/mol. The van der Waals surface area contributed by atoms with Crippen molar-refractivity contribution in [2.75, 3.05) is 0 Å². The lowest BCUT2D eigenvalue weighted by molar-refractivity contribution is -0.113. The van der Waals surface area contributed by atoms with Gasteiger partial charge in [-0.3, -0.25) is 4.90 Å². The van der Waals surface area contributed by atoms with Crippen molar-refractivity contribution in [2.24, 2.45) is 0 Å². The van der Waals surface area contributed by atoms with Gasteiger partial charge >= 0.3 is 0 Å². The second-order valence-corrected chi connectivity index (χ2v) is 11.5. The van der Waals surface area contributed by atoms with Crippen molar-refractivity contribution in [2.45, 2.75) is 77.6 Å². The Morgan fingerprint density at radius 2 is 1.69 bits per heavy atom. The van der Waals surface area contributed by atoms with Crippen LogP contribution in [0.1, 0.15) is 72.7 Å². The second-order valence-electron chi connectivity index (χ2n) is 10.5. The molecule has 0 radical (unpaired) electrons. The summed E-state index contributed by atoms with van der Waals surface area (Å²) >= 11 is 1.66. The summed E-state index contributed by atoms with van der Waals surface area (Å²) < 4.78 is 6.08. The molecule has 0 N–H and O–H groups in total. The van der Waals surface area contributed by atoms with Crippen LogP contribution in [0.25, 0.3) is 11.3 Å². The largest absolute Gasteiger partial charge is 0.489 e. The van der Waals surface area contributed by atoms with Crippen molar-refractivity contribution in [1.29, 1.82) is 0 Å². The fraction of sp³-hybridized carbons (Fsp3) is 0.353. The molecule has 5 rings (SSSR count). The summed E-state index contributed by atoms with van der Waals surface area (Å²) in [7, 11) is 0. The molecule has 4 nitrogen and oxygen atoms in total. The first-order valence-corrected chi connectivity index (χ1v) is 15.1. The third-order valence-electron chi connectivity index (χ3n) is 7.72. The Kier molecular flexibility index (Phi) is 9.23. The van der Waals surface area contributed by atoms with Gasteiger partial charge in [0.05, 0.1) is 18.3 Å². The molecule has 3 aromatic carbocycles. The number of hydrogen-bond donors (Lipinski definition) is 0. The van der Waals surface area contributed by atoms with E-state index in [1.807, 2.05) is 0 Å². The van der Waals surface area contributed by atoms with Gasteiger partial charge in [0.25, 0.3) is 0 Å². The van der Waals surface area contributed by atoms with Gasteiger partial charge in [-0.05, 0) is 59.6 Å². The van der Waals surface area contributed by atoms with Crippen LogP contribution in [-0.2, 0) is 30.9 Å². The Morgan fingerprint density at radius 3 is 2.38 bits per heavy atom. The standard InChI is InChI=1S/C34H38N2O2S/c1-3-7-26(8-4-2)27-15-17-32(18-16-27)38-23-25-11-13-28(14-12-25)33-24-39-34(35-33)21-36-20-30-10-6-5-9-29(30)19-31(36)22-37/h5-6,9-18,22,24,26,31H,3-4,7-8,19-21,23H2,1-2H3. The van der Waals surface area contributed by atoms with Crippen molar-refractivity contribution < 1.29 is 9.53 Å². The summed E-state index contributed by atoms with van der Waals surface area (Å²) in [6, 6.07) is 25.5. The van der Waals surface area contributed by atoms with E-state index in [0.717, 1.165) is 46.8 Å². The van der Waals surface area contributed by atoms with E-state index in [2.05, 4.69) is 96.9 Å². The molecular formula is C34H38N2O2S. The van der Waals surface area contributed by atoms with Crippen molar-refractivity contribution in [3.05, 3.63) is 105 Å². The molecule has 1 aromatic heterocycles. The zero-order chi connectivity index (χ0) is 27.0. The first-order valence-electron chi connectivity index (χ1n) is 14.2. The first-order chi connectivity index (χ1) is 19.2. The number of aromatic nitrogens is 1. The highest BCUT2D eigenvalue weighted by atomic mass is 32.1. The van der Waals surface area contributed by atoms with E-state index in [1.54, 1.807) is 11.3 Å². The second kappa shape index (κ2) is 13.2. The summed E-state index contributed by atoms with van der Waals surface area (Å²) in [5.74, 6) is 1.56. The average Bonchev–Trinajstić information content (AvgIpc) is 3.44. The third kappa shape index (κ3) is 6.84. The molecule has 1 atom stereocenters. The number of aldehydes is 1. The van der Waals surface area contributed by atoms with Gasteiger partial charge in [-0.1, -0.05) is 87.4 Å². The van der Waals surface area contributed by atoms with E-state index in [1.165, 1.54) is 42.4 Å². The Bertz CT molecular complexity index is 1340. The normalized spacial score (nSPS) is 15.3. The molecule has 0 amide bonds. The Labute approximate surface area is 236 Å². The van der Waals surface area contributed by atoms with E-state index < -0.39 is 0 Å². The van der Waals surface area contributed by atoms with E-state index in [-0.39, 0.29) is 6.04 Å². The number of ether oxygens (including phenoxy) is 1. The molecule has 39 heavy (non-hydrogen) atoms. The third-order valence-corrected chi connectivity index (χ3v) is 8.55. The maximum atomic E-state index is 11.8. The van der Waals surface area contributed by atoms with Crippen molar-refractivity contribution in [1.82, 2.24) is 9.88 Å². The smallest absolute Gasteiger partial charge is 0.137 e. The lowest BCUT2D eigenvalue weighted by Crippen LogP contribution is -2.40. The van der Waals surface area contributed by atoms with E-state index >= 15 is 0 Å². The number of rotatable bonds is 12. The summed E-state index contributed by atoms with van der Waals surface area (Å²) in [5.41, 5.74) is 7.21. The van der Waals surface area contributed by atoms with E-state index in [4.69, 9.17) is 9.72 Å². The van der Waals surface area contributed by atoms with Crippen molar-refractivity contribution in [3.63, 3.8) is 0 Å². The highest BCUT2D eigenvalue weighted by Crippen LogP contribution is 2.29. The van der Waals surface area contributed by atoms with Gasteiger partial charge < -0.3 is 9.53 Å². The number of benzene rings is 3. The van der Waals surface area contributed by atoms with Crippen molar-refractivity contribution >= 4 is 17.6 Å². The maximum absolute atomic E-state index is 11.8. The van der Waals surface area contributed by atoms with Gasteiger partial charge in [-0.25, -0.2) is 4.98 Å². The molecule has 0 spiro atoms. The van der Waals surface area contributed by atoms with Crippen LogP contribution >= 0.6 is 11.3 Å². The van der Waals surface area contributed by atoms with Gasteiger partial charge in [-0.15, -0.1) is 11.3 Å². The monoisotopic (exact) mass is 538 g/mol. The fourth-order valence-electron chi connectivity index (χ4n) is 5.55. The van der Waals surface area contributed by atoms with Crippen LogP contribution in [0.4, 0.5) is 0 Å². The van der Waals surface area contributed by atoms with Crippen LogP contribution in [0.2, 0.25) is 0 Å². The lowest BCUT2D eigenvalue weighted by atomic mass is 9.90. The van der Waals surface area contributed by atoms with Crippen LogP contribution in [0.15, 0.2) is 78.2 Å². The number of nitrogens with zero attached hydrogens (tertiary/aromatic N) is 2. The van der Waals surface area contributed by atoms with Gasteiger partial charge in [-0.2, -0.15) is 0 Å². The summed E-state index contributed by atoms with van der Waals surface area (Å²) in [6.07, 6.45) is 6.77. The SMILES string of the molecule is CCCC(CCC)c1ccc(OCc2ccc(-c3csc(CN4Cc5ccccc5CC4C=O)n3)cc2)cc1. The first kappa shape index (κ1) is 27.3. The van der Waals surface area contributed by atoms with Crippen LogP contribution in [0.3, 0.4) is 0 Å². The highest BCUT2D eigenvalue weighted by molar-refractivity contribution is 7.09. The minimum atomic E-state index is -0.100. The molecule has 5 heteroatoms. The number of carbonyl (C=O) groups excluding carboxylic acids is 1. The predicted molar refractivity (Wildman–Crippen MR) is 160 cm³/mol. The number of carbonyl (C=O) groups is 1. The Balaban J connectivity index is 1.17. The predicted octanol–water partition coefficient (Wildman–Crippen LogP) is 8.20. The quantitative estimate of drug-likeness (QED) is 0.171. The van der Waals surface area contributed by atoms with E-state index in [9.17, 15) is 4.79 Å². The molecule has 0 fully saturated rings. The zero-order valence-corrected chi connectivity index (χ0v) is 23.8. The minimum Gasteiger partial charge on any atom is -0.489 e. The van der Waals surface area contributed by atoms with Gasteiger partial charge in [0.15, 0.2) is 0 Å². The van der Waals surface area contributed by atoms with Crippen molar-refractivity contribution in [3.8, 4) is 17.0 Å². The molecule has 1 aliphatic rings. The molecule has 0 aliphatic carbocycles. The topological polar surface area (TPSA) is 42.4 Å². The van der Waals surface area contributed by atoms with Gasteiger partial charge in [0, 0.05) is 17.5 Å². The number of thiazole rings is 1. The Hall–Kier alpha value is -3.28. The van der Waals surface area contributed by atoms with Gasteiger partial charge in [0.1, 0.15) is 23.7 Å². The molecule has 0 saturated heterocycles. The lowest BCUT2D eigenvalue weighted by Gasteiger charge is -2.33. The maximum Gasteiger partial charge on any atom is 0.137 e. The summed E-state index contributed by atoms with van der Waals surface area (Å²) in [5, 5.41) is 3.15. The van der Waals surface area contributed by atoms with Crippen LogP contribution < -0.4 is 4.74 Å². The Morgan fingerprint density at radius 1 is 0.974 bits per heavy atom. The van der Waals surface area contributed by atoms with Crippen LogP contribution in [0, 0.1) is 0 Å². The average molecular weight is 539 g/mol. The summed E-state index contributed by atoms with van der Waals surface area (Å²) in [6.45, 7) is 6.53. The molecule has 202 valence electrons. The molecule has 0 saturated carbocycles. The minimum absolute atomic E-state index is 0.100. The molecule has 4 aromatic rings. The fourth-order valence-corrected chi connectivity index (χ4v) is 6.38. The number of fused-ring (bicyclic) bond motifs is 1. The summed E-state index contributed by atoms with van der Waals surface area (Å²) in [4.78, 5) is 18.9. The van der Waals surface area contributed by atoms with Crippen LogP contribution in [0.5, 0.6) is 5.75 Å².